The Morgan fingerprint density at radius 1 is 1.41 bits per heavy atom. The van der Waals surface area contributed by atoms with Crippen molar-refractivity contribution < 1.29 is 18.3 Å². The number of carbonyl (C=O) groups is 1. The number of ketones is 1. The number of benzene rings is 1. The summed E-state index contributed by atoms with van der Waals surface area (Å²) in [6.07, 6.45) is -1.40. The molecule has 2 nitrogen and oxygen atoms in total. The van der Waals surface area contributed by atoms with E-state index >= 15 is 0 Å². The molecule has 0 atom stereocenters. The number of hydrogen-bond donors (Lipinski definition) is 0. The molecule has 0 unspecified atom stereocenters. The number of hydrogen-bond acceptors (Lipinski definition) is 2. The van der Waals surface area contributed by atoms with Crippen LogP contribution in [0.5, 0.6) is 5.75 Å². The molecule has 0 saturated heterocycles. The molecule has 1 aliphatic heterocycles. The zero-order valence-electron chi connectivity index (χ0n) is 9.80. The first-order valence-corrected chi connectivity index (χ1v) is 5.53. The Morgan fingerprint density at radius 2 is 2.12 bits per heavy atom. The Hall–Kier alpha value is -1.45. The average Bonchev–Trinajstić information content (AvgIpc) is 2.26. The van der Waals surface area contributed by atoms with Gasteiger partial charge in [0.2, 0.25) is 5.78 Å². The normalized spacial score (nSPS) is 17.5. The lowest BCUT2D eigenvalue weighted by molar-refractivity contribution is 0.0677. The molecule has 1 aliphatic rings. The van der Waals surface area contributed by atoms with Crippen molar-refractivity contribution in [1.29, 1.82) is 0 Å². The Bertz CT molecular complexity index is 453. The summed E-state index contributed by atoms with van der Waals surface area (Å²) < 4.78 is 30.3. The van der Waals surface area contributed by atoms with Crippen molar-refractivity contribution in [3.05, 3.63) is 29.3 Å². The molecule has 0 bridgehead atoms. The summed E-state index contributed by atoms with van der Waals surface area (Å²) in [7, 11) is 0. The van der Waals surface area contributed by atoms with E-state index in [-0.39, 0.29) is 11.2 Å². The smallest absolute Gasteiger partial charge is 0.300 e. The van der Waals surface area contributed by atoms with Gasteiger partial charge in [-0.05, 0) is 50.5 Å². The van der Waals surface area contributed by atoms with E-state index in [0.29, 0.717) is 5.75 Å². The van der Waals surface area contributed by atoms with Crippen LogP contribution in [-0.2, 0) is 6.42 Å². The predicted molar refractivity (Wildman–Crippen MR) is 59.8 cm³/mol. The van der Waals surface area contributed by atoms with E-state index in [0.717, 1.165) is 18.4 Å². The van der Waals surface area contributed by atoms with Crippen LogP contribution < -0.4 is 4.74 Å². The third-order valence-electron chi connectivity index (χ3n) is 2.93. The van der Waals surface area contributed by atoms with Crippen molar-refractivity contribution in [1.82, 2.24) is 0 Å². The molecule has 2 rings (SSSR count). The highest BCUT2D eigenvalue weighted by molar-refractivity contribution is 5.98. The Morgan fingerprint density at radius 3 is 2.76 bits per heavy atom. The minimum Gasteiger partial charge on any atom is -0.488 e. The Balaban J connectivity index is 2.31. The fourth-order valence-corrected chi connectivity index (χ4v) is 1.94. The minimum atomic E-state index is -2.95. The van der Waals surface area contributed by atoms with Crippen molar-refractivity contribution >= 4 is 5.78 Å². The topological polar surface area (TPSA) is 26.3 Å². The number of aryl methyl sites for hydroxylation is 1. The molecule has 0 radical (unpaired) electrons. The molecule has 0 saturated carbocycles. The van der Waals surface area contributed by atoms with Crippen LogP contribution in [0.15, 0.2) is 18.2 Å². The van der Waals surface area contributed by atoms with Crippen LogP contribution in [0.3, 0.4) is 0 Å². The van der Waals surface area contributed by atoms with Gasteiger partial charge in [0, 0.05) is 5.56 Å². The number of Topliss-reactive ketones (excluding diaryl/α,β-unsaturated/α-hetero) is 1. The van der Waals surface area contributed by atoms with E-state index in [1.165, 1.54) is 12.1 Å². The number of carbonyl (C=O) groups excluding carboxylic acids is 1. The summed E-state index contributed by atoms with van der Waals surface area (Å²) in [4.78, 5) is 11.2. The highest BCUT2D eigenvalue weighted by Gasteiger charge is 2.27. The molecule has 4 heteroatoms. The second-order valence-corrected chi connectivity index (χ2v) is 4.85. The van der Waals surface area contributed by atoms with Gasteiger partial charge < -0.3 is 4.74 Å². The van der Waals surface area contributed by atoms with Crippen molar-refractivity contribution in [3.8, 4) is 5.75 Å². The van der Waals surface area contributed by atoms with Gasteiger partial charge in [0.1, 0.15) is 11.4 Å². The van der Waals surface area contributed by atoms with E-state index < -0.39 is 12.2 Å². The number of rotatable bonds is 2. The third-order valence-corrected chi connectivity index (χ3v) is 2.93. The van der Waals surface area contributed by atoms with E-state index in [1.807, 2.05) is 13.8 Å². The number of ether oxygens (including phenoxy) is 1. The number of fused-ring (bicyclic) bond motifs is 1. The number of halogens is 2. The molecule has 0 spiro atoms. The van der Waals surface area contributed by atoms with E-state index in [2.05, 4.69) is 0 Å². The van der Waals surface area contributed by atoms with Crippen molar-refractivity contribution in [2.75, 3.05) is 0 Å². The number of alkyl halides is 2. The zero-order chi connectivity index (χ0) is 12.6. The molecule has 1 aromatic rings. The van der Waals surface area contributed by atoms with Crippen molar-refractivity contribution in [2.45, 2.75) is 38.7 Å². The monoisotopic (exact) mass is 240 g/mol. The first-order chi connectivity index (χ1) is 7.89. The van der Waals surface area contributed by atoms with E-state index in [9.17, 15) is 13.6 Å². The van der Waals surface area contributed by atoms with Gasteiger partial charge in [-0.3, -0.25) is 4.79 Å². The lowest BCUT2D eigenvalue weighted by Gasteiger charge is -2.32. The third kappa shape index (κ3) is 2.46. The van der Waals surface area contributed by atoms with Crippen LogP contribution in [0.2, 0.25) is 0 Å². The zero-order valence-corrected chi connectivity index (χ0v) is 9.80. The molecule has 17 heavy (non-hydrogen) atoms. The summed E-state index contributed by atoms with van der Waals surface area (Å²) in [5, 5.41) is 0. The fourth-order valence-electron chi connectivity index (χ4n) is 1.94. The molecular weight excluding hydrogens is 226 g/mol. The first kappa shape index (κ1) is 12.0. The fraction of sp³-hybridized carbons (Fsp3) is 0.462. The van der Waals surface area contributed by atoms with Crippen LogP contribution in [0.25, 0.3) is 0 Å². The molecule has 92 valence electrons. The van der Waals surface area contributed by atoms with Gasteiger partial charge in [0.15, 0.2) is 0 Å². The van der Waals surface area contributed by atoms with E-state index in [4.69, 9.17) is 4.74 Å². The van der Waals surface area contributed by atoms with E-state index in [1.54, 1.807) is 6.07 Å². The first-order valence-electron chi connectivity index (χ1n) is 5.53. The second-order valence-electron chi connectivity index (χ2n) is 4.85. The highest BCUT2D eigenvalue weighted by Crippen LogP contribution is 2.33. The maximum atomic E-state index is 12.3. The molecule has 0 aliphatic carbocycles. The molecule has 0 N–H and O–H groups in total. The Labute approximate surface area is 98.6 Å². The summed E-state index contributed by atoms with van der Waals surface area (Å²) in [6.45, 7) is 3.96. The van der Waals surface area contributed by atoms with Crippen molar-refractivity contribution in [3.63, 3.8) is 0 Å². The van der Waals surface area contributed by atoms with Crippen LogP contribution in [0, 0.1) is 0 Å². The van der Waals surface area contributed by atoms with Crippen LogP contribution in [0.4, 0.5) is 8.78 Å². The quantitative estimate of drug-likeness (QED) is 0.742. The van der Waals surface area contributed by atoms with Gasteiger partial charge in [-0.25, -0.2) is 8.78 Å². The van der Waals surface area contributed by atoms with Crippen LogP contribution in [0.1, 0.15) is 36.2 Å². The summed E-state index contributed by atoms with van der Waals surface area (Å²) in [5.74, 6) is -0.440. The van der Waals surface area contributed by atoms with Crippen LogP contribution in [-0.4, -0.2) is 17.8 Å². The van der Waals surface area contributed by atoms with Crippen LogP contribution >= 0.6 is 0 Å². The van der Waals surface area contributed by atoms with Gasteiger partial charge in [0.05, 0.1) is 0 Å². The van der Waals surface area contributed by atoms with Gasteiger partial charge in [-0.15, -0.1) is 0 Å². The Kier molecular flexibility index (Phi) is 2.89. The summed E-state index contributed by atoms with van der Waals surface area (Å²) >= 11 is 0. The standard InChI is InChI=1S/C13H14F2O2/c1-13(2)6-5-8-7-9(11(16)12(14)15)3-4-10(8)17-13/h3-4,7,12H,5-6H2,1-2H3. The SMILES string of the molecule is CC1(C)CCc2cc(C(=O)C(F)F)ccc2O1. The van der Waals surface area contributed by atoms with Gasteiger partial charge in [-0.1, -0.05) is 0 Å². The minimum absolute atomic E-state index is 0.0575. The van der Waals surface area contributed by atoms with Gasteiger partial charge in [0.25, 0.3) is 0 Å². The molecule has 0 fully saturated rings. The molecule has 0 amide bonds. The lowest BCUT2D eigenvalue weighted by atomic mass is 9.93. The summed E-state index contributed by atoms with van der Waals surface area (Å²) in [5.41, 5.74) is 0.652. The molecular formula is C13H14F2O2. The van der Waals surface area contributed by atoms with Gasteiger partial charge >= 0.3 is 6.43 Å². The maximum absolute atomic E-state index is 12.3. The predicted octanol–water partition coefficient (Wildman–Crippen LogP) is 3.24. The lowest BCUT2D eigenvalue weighted by Crippen LogP contribution is -2.32. The molecule has 1 heterocycles. The summed E-state index contributed by atoms with van der Waals surface area (Å²) in [6, 6.07) is 4.51. The second kappa shape index (κ2) is 4.09. The largest absolute Gasteiger partial charge is 0.488 e. The van der Waals surface area contributed by atoms with Crippen molar-refractivity contribution in [2.24, 2.45) is 0 Å². The highest BCUT2D eigenvalue weighted by atomic mass is 19.3. The molecule has 0 aromatic heterocycles. The van der Waals surface area contributed by atoms with Gasteiger partial charge in [-0.2, -0.15) is 0 Å². The maximum Gasteiger partial charge on any atom is 0.300 e. The molecule has 1 aromatic carbocycles. The average molecular weight is 240 g/mol.